The van der Waals surface area contributed by atoms with Crippen molar-refractivity contribution in [2.45, 2.75) is 44.6 Å². The summed E-state index contributed by atoms with van der Waals surface area (Å²) in [5.74, 6) is 0.266. The number of piperidine rings is 1. The monoisotopic (exact) mass is 369 g/mol. The van der Waals surface area contributed by atoms with Gasteiger partial charge >= 0.3 is 0 Å². The maximum Gasteiger partial charge on any atom is 0.256 e. The van der Waals surface area contributed by atoms with Gasteiger partial charge in [-0.2, -0.15) is 0 Å². The van der Waals surface area contributed by atoms with E-state index in [1.54, 1.807) is 36.1 Å². The lowest BCUT2D eigenvalue weighted by Crippen LogP contribution is -2.44. The quantitative estimate of drug-likeness (QED) is 0.833. The molecule has 0 spiro atoms. The third kappa shape index (κ3) is 3.40. The van der Waals surface area contributed by atoms with Crippen LogP contribution in [0.4, 0.5) is 4.39 Å². The fourth-order valence-electron chi connectivity index (χ4n) is 4.11. The molecule has 1 amide bonds. The highest BCUT2D eigenvalue weighted by atomic mass is 19.1. The summed E-state index contributed by atoms with van der Waals surface area (Å²) in [5.41, 5.74) is 1.14. The number of carbonyl (C=O) groups is 1. The van der Waals surface area contributed by atoms with Gasteiger partial charge in [0.2, 0.25) is 5.91 Å². The summed E-state index contributed by atoms with van der Waals surface area (Å²) >= 11 is 0. The zero-order valence-electron chi connectivity index (χ0n) is 15.5. The fourth-order valence-corrected chi connectivity index (χ4v) is 4.11. The third-order valence-corrected chi connectivity index (χ3v) is 5.99. The molecule has 1 aliphatic carbocycles. The molecule has 0 atom stereocenters. The molecular formula is C21H24FN3O2. The van der Waals surface area contributed by atoms with Gasteiger partial charge in [-0.25, -0.2) is 9.37 Å². The Labute approximate surface area is 157 Å². The molecular weight excluding hydrogens is 345 g/mol. The summed E-state index contributed by atoms with van der Waals surface area (Å²) in [6.07, 6.45) is 6.62. The van der Waals surface area contributed by atoms with Gasteiger partial charge in [-0.1, -0.05) is 12.1 Å². The first-order valence-corrected chi connectivity index (χ1v) is 9.56. The highest BCUT2D eigenvalue weighted by Crippen LogP contribution is 2.50. The van der Waals surface area contributed by atoms with Crippen molar-refractivity contribution in [3.8, 4) is 0 Å². The van der Waals surface area contributed by atoms with Crippen molar-refractivity contribution < 1.29 is 9.18 Å². The van der Waals surface area contributed by atoms with Crippen LogP contribution in [0.2, 0.25) is 0 Å². The number of hydrogen-bond acceptors (Lipinski definition) is 3. The van der Waals surface area contributed by atoms with Gasteiger partial charge in [-0.05, 0) is 56.2 Å². The van der Waals surface area contributed by atoms with E-state index in [1.807, 2.05) is 4.90 Å². The average Bonchev–Trinajstić information content (AvgIpc) is 3.48. The Kier molecular flexibility index (Phi) is 4.58. The normalized spacial score (nSPS) is 19.1. The maximum atomic E-state index is 13.2. The Morgan fingerprint density at radius 2 is 1.89 bits per heavy atom. The number of nitrogens with zero attached hydrogens (tertiary/aromatic N) is 3. The molecule has 2 aromatic rings. The fraction of sp³-hybridized carbons (Fsp3) is 0.476. The van der Waals surface area contributed by atoms with Crippen LogP contribution in [0.25, 0.3) is 0 Å². The molecule has 1 aromatic heterocycles. The second-order valence-corrected chi connectivity index (χ2v) is 7.86. The van der Waals surface area contributed by atoms with Crippen LogP contribution >= 0.6 is 0 Å². The number of amides is 1. The van der Waals surface area contributed by atoms with Crippen LogP contribution in [-0.2, 0) is 16.8 Å². The largest absolute Gasteiger partial charge is 0.342 e. The number of aromatic nitrogens is 2. The predicted octanol–water partition coefficient (Wildman–Crippen LogP) is 2.66. The average molecular weight is 369 g/mol. The van der Waals surface area contributed by atoms with E-state index in [-0.39, 0.29) is 17.3 Å². The van der Waals surface area contributed by atoms with E-state index >= 15 is 0 Å². The van der Waals surface area contributed by atoms with Crippen LogP contribution in [0, 0.1) is 18.7 Å². The van der Waals surface area contributed by atoms with Gasteiger partial charge in [0.1, 0.15) is 5.82 Å². The van der Waals surface area contributed by atoms with Crippen molar-refractivity contribution in [1.29, 1.82) is 0 Å². The van der Waals surface area contributed by atoms with Gasteiger partial charge < -0.3 is 4.90 Å². The van der Waals surface area contributed by atoms with Crippen LogP contribution in [0.5, 0.6) is 0 Å². The molecule has 0 bridgehead atoms. The van der Waals surface area contributed by atoms with E-state index in [1.165, 1.54) is 12.1 Å². The minimum atomic E-state index is -0.446. The molecule has 5 nitrogen and oxygen atoms in total. The number of halogens is 1. The first-order valence-electron chi connectivity index (χ1n) is 9.56. The Morgan fingerprint density at radius 1 is 1.22 bits per heavy atom. The minimum Gasteiger partial charge on any atom is -0.342 e. The smallest absolute Gasteiger partial charge is 0.256 e. The lowest BCUT2D eigenvalue weighted by Gasteiger charge is -2.34. The number of aryl methyl sites for hydroxylation is 1. The van der Waals surface area contributed by atoms with Crippen LogP contribution in [-0.4, -0.2) is 33.4 Å². The molecule has 0 radical (unpaired) electrons. The zero-order chi connectivity index (χ0) is 19.0. The van der Waals surface area contributed by atoms with Crippen molar-refractivity contribution in [2.24, 2.45) is 5.92 Å². The molecule has 27 heavy (non-hydrogen) atoms. The molecule has 4 rings (SSSR count). The molecule has 2 fully saturated rings. The van der Waals surface area contributed by atoms with Gasteiger partial charge in [0.15, 0.2) is 0 Å². The Morgan fingerprint density at radius 3 is 2.52 bits per heavy atom. The summed E-state index contributed by atoms with van der Waals surface area (Å²) in [4.78, 5) is 31.3. The highest BCUT2D eigenvalue weighted by Gasteiger charge is 2.53. The van der Waals surface area contributed by atoms with E-state index in [0.29, 0.717) is 31.1 Å². The maximum absolute atomic E-state index is 13.2. The zero-order valence-corrected chi connectivity index (χ0v) is 15.5. The molecule has 1 aromatic carbocycles. The van der Waals surface area contributed by atoms with E-state index in [4.69, 9.17) is 0 Å². The summed E-state index contributed by atoms with van der Waals surface area (Å²) < 4.78 is 14.9. The second kappa shape index (κ2) is 6.91. The van der Waals surface area contributed by atoms with E-state index in [2.05, 4.69) is 4.98 Å². The number of rotatable bonds is 4. The molecule has 2 heterocycles. The number of carbonyl (C=O) groups excluding carboxylic acids is 1. The Balaban J connectivity index is 1.39. The highest BCUT2D eigenvalue weighted by molar-refractivity contribution is 5.91. The molecule has 6 heteroatoms. The summed E-state index contributed by atoms with van der Waals surface area (Å²) in [6.45, 7) is 3.84. The third-order valence-electron chi connectivity index (χ3n) is 5.99. The van der Waals surface area contributed by atoms with Crippen LogP contribution in [0.3, 0.4) is 0 Å². The van der Waals surface area contributed by atoms with Gasteiger partial charge in [0.05, 0.1) is 11.7 Å². The SMILES string of the molecule is Cc1cncn(CC2CCN(C(=O)C3(c4ccc(F)cc4)CC3)CC2)c1=O. The lowest BCUT2D eigenvalue weighted by molar-refractivity contribution is -0.135. The first-order chi connectivity index (χ1) is 13.0. The van der Waals surface area contributed by atoms with Crippen LogP contribution in [0.15, 0.2) is 41.6 Å². The first kappa shape index (κ1) is 17.9. The Bertz CT molecular complexity index is 894. The predicted molar refractivity (Wildman–Crippen MR) is 99.9 cm³/mol. The number of benzene rings is 1. The topological polar surface area (TPSA) is 55.2 Å². The summed E-state index contributed by atoms with van der Waals surface area (Å²) in [6, 6.07) is 6.35. The molecule has 142 valence electrons. The molecule has 0 unspecified atom stereocenters. The lowest BCUT2D eigenvalue weighted by atomic mass is 9.91. The van der Waals surface area contributed by atoms with Crippen molar-refractivity contribution in [3.63, 3.8) is 0 Å². The molecule has 2 aliphatic rings. The summed E-state index contributed by atoms with van der Waals surface area (Å²) in [7, 11) is 0. The van der Waals surface area contributed by atoms with Gasteiger partial charge in [0.25, 0.3) is 5.56 Å². The van der Waals surface area contributed by atoms with Crippen molar-refractivity contribution in [3.05, 3.63) is 64.1 Å². The van der Waals surface area contributed by atoms with E-state index < -0.39 is 5.41 Å². The molecule has 1 aliphatic heterocycles. The minimum absolute atomic E-state index is 0.0109. The number of likely N-dealkylation sites (tertiary alicyclic amines) is 1. The molecule has 1 saturated carbocycles. The van der Waals surface area contributed by atoms with Crippen LogP contribution in [0.1, 0.15) is 36.8 Å². The van der Waals surface area contributed by atoms with Gasteiger partial charge in [0, 0.05) is 31.4 Å². The van der Waals surface area contributed by atoms with Crippen LogP contribution < -0.4 is 5.56 Å². The standard InChI is InChI=1S/C21H24FN3O2/c1-15-12-23-14-25(19(15)26)13-16-6-10-24(11-7-16)20(27)21(8-9-21)17-2-4-18(22)5-3-17/h2-5,12,14,16H,6-11,13H2,1H3. The molecule has 1 saturated heterocycles. The van der Waals surface area contributed by atoms with Crippen molar-refractivity contribution in [1.82, 2.24) is 14.5 Å². The molecule has 0 N–H and O–H groups in total. The van der Waals surface area contributed by atoms with Gasteiger partial charge in [-0.15, -0.1) is 0 Å². The van der Waals surface area contributed by atoms with E-state index in [0.717, 1.165) is 31.2 Å². The Hall–Kier alpha value is -2.50. The van der Waals surface area contributed by atoms with Crippen molar-refractivity contribution >= 4 is 5.91 Å². The van der Waals surface area contributed by atoms with E-state index in [9.17, 15) is 14.0 Å². The van der Waals surface area contributed by atoms with Gasteiger partial charge in [-0.3, -0.25) is 14.2 Å². The number of hydrogen-bond donors (Lipinski definition) is 0. The second-order valence-electron chi connectivity index (χ2n) is 7.86. The van der Waals surface area contributed by atoms with Crippen molar-refractivity contribution in [2.75, 3.05) is 13.1 Å². The summed E-state index contributed by atoms with van der Waals surface area (Å²) in [5, 5.41) is 0.